The lowest BCUT2D eigenvalue weighted by Crippen LogP contribution is -2.45. The van der Waals surface area contributed by atoms with Crippen LogP contribution in [0.15, 0.2) is 42.5 Å². The largest absolute Gasteiger partial charge is 0.450 e. The monoisotopic (exact) mass is 394 g/mol. The Bertz CT molecular complexity index is 1130. The molecular formula is C22H19ClN2O3. The van der Waals surface area contributed by atoms with Crippen molar-refractivity contribution in [2.24, 2.45) is 0 Å². The van der Waals surface area contributed by atoms with Crippen LogP contribution in [-0.4, -0.2) is 34.8 Å². The van der Waals surface area contributed by atoms with E-state index in [2.05, 4.69) is 4.98 Å². The fraction of sp³-hybridized carbons (Fsp3) is 0.273. The van der Waals surface area contributed by atoms with Crippen LogP contribution in [0.1, 0.15) is 44.8 Å². The number of piperidine rings is 1. The lowest BCUT2D eigenvalue weighted by Gasteiger charge is -2.38. The zero-order valence-corrected chi connectivity index (χ0v) is 16.2. The highest BCUT2D eigenvalue weighted by Gasteiger charge is 2.47. The molecule has 5 nitrogen and oxygen atoms in total. The molecule has 2 aliphatic heterocycles. The number of benzene rings is 2. The molecule has 0 unspecified atom stereocenters. The number of rotatable bonds is 1. The Balaban J connectivity index is 1.42. The number of ether oxygens (including phenoxy) is 1. The van der Waals surface area contributed by atoms with E-state index in [1.54, 1.807) is 6.07 Å². The fourth-order valence-corrected chi connectivity index (χ4v) is 4.70. The van der Waals surface area contributed by atoms with Crippen molar-refractivity contribution < 1.29 is 14.3 Å². The predicted octanol–water partition coefficient (Wildman–Crippen LogP) is 4.43. The van der Waals surface area contributed by atoms with Gasteiger partial charge in [-0.15, -0.1) is 0 Å². The van der Waals surface area contributed by atoms with E-state index < -0.39 is 5.60 Å². The number of aromatic amines is 1. The highest BCUT2D eigenvalue weighted by atomic mass is 35.5. The van der Waals surface area contributed by atoms with Crippen LogP contribution in [0.2, 0.25) is 5.02 Å². The maximum atomic E-state index is 13.3. The van der Waals surface area contributed by atoms with E-state index in [1.807, 2.05) is 48.2 Å². The summed E-state index contributed by atoms with van der Waals surface area (Å²) in [6.45, 7) is 2.99. The summed E-state index contributed by atoms with van der Waals surface area (Å²) >= 11 is 6.07. The van der Waals surface area contributed by atoms with Crippen molar-refractivity contribution in [3.63, 3.8) is 0 Å². The van der Waals surface area contributed by atoms with Gasteiger partial charge in [0.15, 0.2) is 0 Å². The average molecular weight is 395 g/mol. The van der Waals surface area contributed by atoms with Crippen LogP contribution < -0.4 is 0 Å². The lowest BCUT2D eigenvalue weighted by molar-refractivity contribution is -0.0389. The smallest absolute Gasteiger partial charge is 0.339 e. The molecule has 142 valence electrons. The van der Waals surface area contributed by atoms with E-state index in [0.29, 0.717) is 42.1 Å². The average Bonchev–Trinajstić information content (AvgIpc) is 3.16. The number of likely N-dealkylation sites (tertiary alicyclic amines) is 1. The van der Waals surface area contributed by atoms with Gasteiger partial charge in [-0.3, -0.25) is 4.79 Å². The third-order valence-electron chi connectivity index (χ3n) is 5.95. The highest BCUT2D eigenvalue weighted by molar-refractivity contribution is 6.31. The Kier molecular flexibility index (Phi) is 3.78. The number of nitrogens with zero attached hydrogens (tertiary/aromatic N) is 1. The van der Waals surface area contributed by atoms with Crippen LogP contribution in [0, 0.1) is 6.92 Å². The van der Waals surface area contributed by atoms with Gasteiger partial charge in [0.2, 0.25) is 0 Å². The summed E-state index contributed by atoms with van der Waals surface area (Å²) in [5.41, 5.74) is 3.37. The molecule has 1 fully saturated rings. The van der Waals surface area contributed by atoms with Gasteiger partial charge >= 0.3 is 5.97 Å². The first-order valence-corrected chi connectivity index (χ1v) is 9.76. The minimum atomic E-state index is -0.604. The number of halogens is 1. The van der Waals surface area contributed by atoms with Gasteiger partial charge in [-0.1, -0.05) is 35.9 Å². The van der Waals surface area contributed by atoms with Gasteiger partial charge in [-0.25, -0.2) is 4.79 Å². The number of esters is 1. The molecule has 0 aliphatic carbocycles. The Labute approximate surface area is 167 Å². The van der Waals surface area contributed by atoms with E-state index in [-0.39, 0.29) is 11.9 Å². The quantitative estimate of drug-likeness (QED) is 0.621. The molecule has 1 saturated heterocycles. The summed E-state index contributed by atoms with van der Waals surface area (Å²) in [6, 6.07) is 13.1. The molecular weight excluding hydrogens is 376 g/mol. The van der Waals surface area contributed by atoms with Gasteiger partial charge in [-0.2, -0.15) is 0 Å². The van der Waals surface area contributed by atoms with Gasteiger partial charge in [0, 0.05) is 53.1 Å². The summed E-state index contributed by atoms with van der Waals surface area (Å²) < 4.78 is 5.79. The van der Waals surface area contributed by atoms with Crippen LogP contribution >= 0.6 is 11.6 Å². The van der Waals surface area contributed by atoms with Crippen molar-refractivity contribution in [1.29, 1.82) is 0 Å². The van der Waals surface area contributed by atoms with Gasteiger partial charge < -0.3 is 14.6 Å². The number of aromatic nitrogens is 1. The van der Waals surface area contributed by atoms with Crippen molar-refractivity contribution in [2.45, 2.75) is 25.4 Å². The Morgan fingerprint density at radius 2 is 1.93 bits per heavy atom. The Hall–Kier alpha value is -2.79. The number of hydrogen-bond acceptors (Lipinski definition) is 3. The number of amides is 1. The van der Waals surface area contributed by atoms with E-state index >= 15 is 0 Å². The van der Waals surface area contributed by atoms with Crippen LogP contribution in [0.4, 0.5) is 0 Å². The van der Waals surface area contributed by atoms with Gasteiger partial charge in [0.1, 0.15) is 5.60 Å². The molecule has 2 aromatic carbocycles. The second kappa shape index (κ2) is 6.11. The zero-order chi connectivity index (χ0) is 19.5. The fourth-order valence-electron chi connectivity index (χ4n) is 4.53. The lowest BCUT2D eigenvalue weighted by atomic mass is 9.83. The first-order chi connectivity index (χ1) is 13.5. The first-order valence-electron chi connectivity index (χ1n) is 9.38. The summed E-state index contributed by atoms with van der Waals surface area (Å²) in [5, 5.41) is 1.51. The molecule has 0 radical (unpaired) electrons. The number of hydrogen-bond donors (Lipinski definition) is 1. The third-order valence-corrected chi connectivity index (χ3v) is 6.18. The first kappa shape index (κ1) is 17.3. The van der Waals surface area contributed by atoms with Crippen LogP contribution in [0.3, 0.4) is 0 Å². The summed E-state index contributed by atoms with van der Waals surface area (Å²) in [7, 11) is 0. The second-order valence-electron chi connectivity index (χ2n) is 7.54. The number of carbonyl (C=O) groups excluding carboxylic acids is 2. The molecule has 0 saturated carbocycles. The second-order valence-corrected chi connectivity index (χ2v) is 7.97. The highest BCUT2D eigenvalue weighted by Crippen LogP contribution is 2.44. The molecule has 1 aromatic heterocycles. The topological polar surface area (TPSA) is 62.4 Å². The molecule has 1 spiro atoms. The standard InChI is InChI=1S/C22H19ClN2O3/c1-13-19(16-7-6-14(23)12-18(16)24-13)20(26)25-10-8-22(9-11-25)17-5-3-2-4-15(17)21(27)28-22/h2-7,12,24H,8-11H2,1H3. The maximum Gasteiger partial charge on any atom is 0.339 e. The molecule has 3 heterocycles. The number of aryl methyl sites for hydroxylation is 1. The zero-order valence-electron chi connectivity index (χ0n) is 15.4. The normalized spacial score (nSPS) is 17.8. The van der Waals surface area contributed by atoms with Crippen molar-refractivity contribution in [3.8, 4) is 0 Å². The minimum Gasteiger partial charge on any atom is -0.450 e. The Morgan fingerprint density at radius 3 is 2.71 bits per heavy atom. The van der Waals surface area contributed by atoms with Gasteiger partial charge in [-0.05, 0) is 25.1 Å². The van der Waals surface area contributed by atoms with Crippen LogP contribution in [0.5, 0.6) is 0 Å². The van der Waals surface area contributed by atoms with E-state index in [4.69, 9.17) is 16.3 Å². The van der Waals surface area contributed by atoms with E-state index in [9.17, 15) is 9.59 Å². The summed E-state index contributed by atoms with van der Waals surface area (Å²) in [5.74, 6) is -0.266. The predicted molar refractivity (Wildman–Crippen MR) is 107 cm³/mol. The molecule has 28 heavy (non-hydrogen) atoms. The molecule has 1 N–H and O–H groups in total. The van der Waals surface area contributed by atoms with E-state index in [1.165, 1.54) is 0 Å². The Morgan fingerprint density at radius 1 is 1.18 bits per heavy atom. The maximum absolute atomic E-state index is 13.3. The van der Waals surface area contributed by atoms with Crippen molar-refractivity contribution in [1.82, 2.24) is 9.88 Å². The van der Waals surface area contributed by atoms with Crippen molar-refractivity contribution in [3.05, 3.63) is 69.9 Å². The molecule has 0 atom stereocenters. The van der Waals surface area contributed by atoms with Crippen molar-refractivity contribution in [2.75, 3.05) is 13.1 Å². The molecule has 3 aromatic rings. The number of fused-ring (bicyclic) bond motifs is 3. The van der Waals surface area contributed by atoms with E-state index in [0.717, 1.165) is 22.2 Å². The van der Waals surface area contributed by atoms with Gasteiger partial charge in [0.05, 0.1) is 11.1 Å². The molecule has 2 aliphatic rings. The third kappa shape index (κ3) is 2.46. The van der Waals surface area contributed by atoms with Crippen LogP contribution in [-0.2, 0) is 10.3 Å². The SMILES string of the molecule is Cc1[nH]c2cc(Cl)ccc2c1C(=O)N1CCC2(CC1)OC(=O)c1ccccc12. The number of nitrogens with one attached hydrogen (secondary N) is 1. The van der Waals surface area contributed by atoms with Crippen LogP contribution in [0.25, 0.3) is 10.9 Å². The molecule has 6 heteroatoms. The van der Waals surface area contributed by atoms with Gasteiger partial charge in [0.25, 0.3) is 5.91 Å². The minimum absolute atomic E-state index is 0.00136. The molecule has 0 bridgehead atoms. The van der Waals surface area contributed by atoms with Crippen molar-refractivity contribution >= 4 is 34.4 Å². The summed E-state index contributed by atoms with van der Waals surface area (Å²) in [4.78, 5) is 30.6. The number of carbonyl (C=O) groups is 2. The molecule has 5 rings (SSSR count). The summed E-state index contributed by atoms with van der Waals surface area (Å²) in [6.07, 6.45) is 1.21. The number of H-pyrrole nitrogens is 1. The molecule has 1 amide bonds.